The van der Waals surface area contributed by atoms with Gasteiger partial charge in [-0.1, -0.05) is 18.2 Å². The molecule has 0 saturated heterocycles. The maximum Gasteiger partial charge on any atom is 0.349 e. The lowest BCUT2D eigenvalue weighted by atomic mass is 10.2. The van der Waals surface area contributed by atoms with Gasteiger partial charge in [0.25, 0.3) is 11.6 Å². The molecule has 0 fully saturated rings. The molecule has 3 aromatic rings. The fraction of sp³-hybridized carbons (Fsp3) is 0. The number of rotatable bonds is 3. The number of anilines is 1. The molecule has 0 aliphatic carbocycles. The zero-order valence-electron chi connectivity index (χ0n) is 13.1. The van der Waals surface area contributed by atoms with Crippen LogP contribution < -0.4 is 16.3 Å². The van der Waals surface area contributed by atoms with Crippen LogP contribution in [0.5, 0.6) is 0 Å². The van der Waals surface area contributed by atoms with E-state index in [1.165, 1.54) is 30.3 Å². The highest BCUT2D eigenvalue weighted by Gasteiger charge is 2.15. The number of fused-ring (bicyclic) bond motifs is 1. The summed E-state index contributed by atoms with van der Waals surface area (Å²) in [5, 5.41) is 16.3. The molecule has 3 rings (SSSR count). The molecule has 130 valence electrons. The van der Waals surface area contributed by atoms with E-state index in [1.807, 2.05) is 0 Å². The number of thiocarbonyl (C=S) groups is 1. The lowest BCUT2D eigenvalue weighted by molar-refractivity contribution is -0.384. The highest BCUT2D eigenvalue weighted by molar-refractivity contribution is 7.80. The zero-order valence-corrected chi connectivity index (χ0v) is 13.9. The number of benzene rings is 2. The van der Waals surface area contributed by atoms with Gasteiger partial charge in [0.05, 0.1) is 4.92 Å². The Morgan fingerprint density at radius 1 is 1.12 bits per heavy atom. The largest absolute Gasteiger partial charge is 0.422 e. The molecule has 0 aliphatic heterocycles. The van der Waals surface area contributed by atoms with Gasteiger partial charge in [-0.3, -0.25) is 20.2 Å². The normalized spacial score (nSPS) is 10.3. The van der Waals surface area contributed by atoms with Gasteiger partial charge in [0.15, 0.2) is 5.11 Å². The minimum absolute atomic E-state index is 0.0589. The van der Waals surface area contributed by atoms with Gasteiger partial charge in [0, 0.05) is 23.2 Å². The third-order valence-corrected chi connectivity index (χ3v) is 3.65. The topological polar surface area (TPSA) is 114 Å². The Kier molecular flexibility index (Phi) is 4.72. The van der Waals surface area contributed by atoms with Crippen LogP contribution in [0.1, 0.15) is 10.4 Å². The third-order valence-electron chi connectivity index (χ3n) is 3.45. The number of nitro benzene ring substituents is 1. The van der Waals surface area contributed by atoms with E-state index in [-0.39, 0.29) is 16.4 Å². The van der Waals surface area contributed by atoms with Crippen molar-refractivity contribution in [3.63, 3.8) is 0 Å². The van der Waals surface area contributed by atoms with Crippen LogP contribution in [-0.2, 0) is 0 Å². The van der Waals surface area contributed by atoms with Crippen LogP contribution in [0.4, 0.5) is 11.4 Å². The summed E-state index contributed by atoms with van der Waals surface area (Å²) in [5.74, 6) is -0.719. The molecule has 8 nitrogen and oxygen atoms in total. The van der Waals surface area contributed by atoms with Crippen molar-refractivity contribution in [3.8, 4) is 0 Å². The van der Waals surface area contributed by atoms with Gasteiger partial charge in [-0.05, 0) is 36.5 Å². The van der Waals surface area contributed by atoms with Crippen molar-refractivity contribution in [2.24, 2.45) is 0 Å². The zero-order chi connectivity index (χ0) is 18.7. The predicted octanol–water partition coefficient (Wildman–Crippen LogP) is 2.83. The van der Waals surface area contributed by atoms with Gasteiger partial charge in [0.1, 0.15) is 11.1 Å². The molecule has 0 saturated carbocycles. The van der Waals surface area contributed by atoms with Gasteiger partial charge in [0.2, 0.25) is 0 Å². The Morgan fingerprint density at radius 2 is 1.81 bits per heavy atom. The molecule has 0 aliphatic rings. The lowest BCUT2D eigenvalue weighted by Crippen LogP contribution is -2.36. The third kappa shape index (κ3) is 3.73. The molecular weight excluding hydrogens is 358 g/mol. The van der Waals surface area contributed by atoms with E-state index in [4.69, 9.17) is 16.6 Å². The maximum absolute atomic E-state index is 12.3. The number of non-ortho nitro benzene ring substituents is 1. The van der Waals surface area contributed by atoms with Crippen LogP contribution in [0.15, 0.2) is 63.8 Å². The smallest absolute Gasteiger partial charge is 0.349 e. The summed E-state index contributed by atoms with van der Waals surface area (Å²) in [6.07, 6.45) is 0. The number of hydrogen-bond acceptors (Lipinski definition) is 6. The van der Waals surface area contributed by atoms with Crippen molar-refractivity contribution in [2.75, 3.05) is 5.32 Å². The summed E-state index contributed by atoms with van der Waals surface area (Å²) < 4.78 is 5.11. The quantitative estimate of drug-likeness (QED) is 0.316. The van der Waals surface area contributed by atoms with Crippen molar-refractivity contribution in [3.05, 3.63) is 80.7 Å². The molecule has 1 amide bonds. The summed E-state index contributed by atoms with van der Waals surface area (Å²) in [5.41, 5.74) is -0.206. The molecule has 0 radical (unpaired) electrons. The molecular formula is C17H11N3O5S. The van der Waals surface area contributed by atoms with Crippen molar-refractivity contribution in [2.45, 2.75) is 0 Å². The summed E-state index contributed by atoms with van der Waals surface area (Å²) >= 11 is 5.03. The number of carbonyl (C=O) groups is 1. The van der Waals surface area contributed by atoms with Crippen molar-refractivity contribution < 1.29 is 14.1 Å². The minimum Gasteiger partial charge on any atom is -0.422 e. The van der Waals surface area contributed by atoms with E-state index < -0.39 is 16.5 Å². The first-order chi connectivity index (χ1) is 12.4. The van der Waals surface area contributed by atoms with Crippen LogP contribution >= 0.6 is 12.2 Å². The Morgan fingerprint density at radius 3 is 2.50 bits per heavy atom. The van der Waals surface area contributed by atoms with Gasteiger partial charge in [-0.25, -0.2) is 4.79 Å². The molecule has 0 spiro atoms. The second-order valence-electron chi connectivity index (χ2n) is 5.20. The molecule has 2 aromatic carbocycles. The average Bonchev–Trinajstić information content (AvgIpc) is 2.61. The van der Waals surface area contributed by atoms with Gasteiger partial charge < -0.3 is 9.73 Å². The fourth-order valence-electron chi connectivity index (χ4n) is 2.22. The summed E-state index contributed by atoms with van der Waals surface area (Å²) in [7, 11) is 0. The average molecular weight is 369 g/mol. The Labute approximate surface area is 151 Å². The Hall–Kier alpha value is -3.59. The number of nitro groups is 1. The van der Waals surface area contributed by atoms with E-state index in [9.17, 15) is 19.7 Å². The van der Waals surface area contributed by atoms with Gasteiger partial charge >= 0.3 is 5.63 Å². The number of amides is 1. The number of hydrogen-bond donors (Lipinski definition) is 2. The fourth-order valence-corrected chi connectivity index (χ4v) is 2.43. The van der Waals surface area contributed by atoms with Gasteiger partial charge in [-0.15, -0.1) is 0 Å². The first-order valence-electron chi connectivity index (χ1n) is 7.34. The Bertz CT molecular complexity index is 1080. The molecule has 0 unspecified atom stereocenters. The SMILES string of the molecule is O=C(NC(=S)Nc1ccc([N+](=O)[O-])cc1)c1cc2ccccc2oc1=O. The Balaban J connectivity index is 1.73. The van der Waals surface area contributed by atoms with Crippen molar-refractivity contribution >= 4 is 45.6 Å². The number of carbonyl (C=O) groups excluding carboxylic acids is 1. The van der Waals surface area contributed by atoms with E-state index in [1.54, 1.807) is 24.3 Å². The number of para-hydroxylation sites is 1. The van der Waals surface area contributed by atoms with Crippen LogP contribution in [0.3, 0.4) is 0 Å². The first-order valence-corrected chi connectivity index (χ1v) is 7.74. The molecule has 9 heteroatoms. The highest BCUT2D eigenvalue weighted by atomic mass is 32.1. The number of nitrogens with one attached hydrogen (secondary N) is 2. The standard InChI is InChI=1S/C17H11N3O5S/c21-15(13-9-10-3-1-2-4-14(10)25-16(13)22)19-17(26)18-11-5-7-12(8-6-11)20(23)24/h1-9H,(H2,18,19,21,26). The van der Waals surface area contributed by atoms with E-state index >= 15 is 0 Å². The monoisotopic (exact) mass is 369 g/mol. The summed E-state index contributed by atoms with van der Waals surface area (Å²) in [6.45, 7) is 0. The second-order valence-corrected chi connectivity index (χ2v) is 5.61. The summed E-state index contributed by atoms with van der Waals surface area (Å²) in [4.78, 5) is 34.3. The van der Waals surface area contributed by atoms with Gasteiger partial charge in [-0.2, -0.15) is 0 Å². The van der Waals surface area contributed by atoms with E-state index in [0.717, 1.165) is 0 Å². The minimum atomic E-state index is -0.778. The molecule has 0 atom stereocenters. The molecule has 26 heavy (non-hydrogen) atoms. The highest BCUT2D eigenvalue weighted by Crippen LogP contribution is 2.15. The second kappa shape index (κ2) is 7.11. The first kappa shape index (κ1) is 17.2. The molecule has 1 aromatic heterocycles. The van der Waals surface area contributed by atoms with Crippen LogP contribution in [0.2, 0.25) is 0 Å². The number of nitrogens with zero attached hydrogens (tertiary/aromatic N) is 1. The van der Waals surface area contributed by atoms with Crippen molar-refractivity contribution in [1.82, 2.24) is 5.32 Å². The predicted molar refractivity (Wildman–Crippen MR) is 99.3 cm³/mol. The van der Waals surface area contributed by atoms with E-state index in [0.29, 0.717) is 16.7 Å². The van der Waals surface area contributed by atoms with E-state index in [2.05, 4.69) is 10.6 Å². The maximum atomic E-state index is 12.3. The molecule has 1 heterocycles. The van der Waals surface area contributed by atoms with Crippen LogP contribution in [0.25, 0.3) is 11.0 Å². The molecule has 0 bridgehead atoms. The lowest BCUT2D eigenvalue weighted by Gasteiger charge is -2.09. The summed E-state index contributed by atoms with van der Waals surface area (Å²) in [6, 6.07) is 13.7. The van der Waals surface area contributed by atoms with Crippen molar-refractivity contribution in [1.29, 1.82) is 0 Å². The van der Waals surface area contributed by atoms with Crippen LogP contribution in [0, 0.1) is 10.1 Å². The molecule has 2 N–H and O–H groups in total. The van der Waals surface area contributed by atoms with Crippen LogP contribution in [-0.4, -0.2) is 15.9 Å².